The lowest BCUT2D eigenvalue weighted by Gasteiger charge is -2.22. The highest BCUT2D eigenvalue weighted by Crippen LogP contribution is 2.18. The summed E-state index contributed by atoms with van der Waals surface area (Å²) in [4.78, 5) is 16.3. The zero-order valence-electron chi connectivity index (χ0n) is 10.9. The maximum absolute atomic E-state index is 12.4. The average molecular weight is 291 g/mol. The van der Waals surface area contributed by atoms with Crippen molar-refractivity contribution in [3.8, 4) is 0 Å². The fourth-order valence-corrected chi connectivity index (χ4v) is 1.58. The van der Waals surface area contributed by atoms with E-state index in [0.29, 0.717) is 17.1 Å². The number of hydrogen-bond donors (Lipinski definition) is 2. The largest absolute Gasteiger partial charge is 0.406 e. The van der Waals surface area contributed by atoms with Gasteiger partial charge in [0.25, 0.3) is 5.91 Å². The molecule has 1 aromatic rings. The summed E-state index contributed by atoms with van der Waals surface area (Å²) >= 11 is 0. The fraction of sp³-hybridized carbons (Fsp3) is 0.500. The van der Waals surface area contributed by atoms with Crippen LogP contribution in [0, 0.1) is 0 Å². The Kier molecular flexibility index (Phi) is 5.75. The molecule has 0 fully saturated rings. The number of halogens is 3. The molecule has 20 heavy (non-hydrogen) atoms. The SMILES string of the molecule is CCNc1ccc(C(=O)N(CCO)CC(F)(F)F)nc1. The summed E-state index contributed by atoms with van der Waals surface area (Å²) in [7, 11) is 0. The van der Waals surface area contributed by atoms with Crippen molar-refractivity contribution in [1.29, 1.82) is 0 Å². The number of carbonyl (C=O) groups excluding carboxylic acids is 1. The molecule has 0 unspecified atom stereocenters. The molecule has 1 amide bonds. The summed E-state index contributed by atoms with van der Waals surface area (Å²) < 4.78 is 37.1. The molecule has 0 saturated heterocycles. The molecular formula is C12H16F3N3O2. The van der Waals surface area contributed by atoms with Gasteiger partial charge in [0.2, 0.25) is 0 Å². The number of nitrogens with one attached hydrogen (secondary N) is 1. The van der Waals surface area contributed by atoms with Crippen LogP contribution < -0.4 is 5.32 Å². The Morgan fingerprint density at radius 3 is 2.60 bits per heavy atom. The molecular weight excluding hydrogens is 275 g/mol. The van der Waals surface area contributed by atoms with Crippen LogP contribution in [-0.2, 0) is 0 Å². The van der Waals surface area contributed by atoms with Crippen LogP contribution in [0.25, 0.3) is 0 Å². The van der Waals surface area contributed by atoms with E-state index in [-0.39, 0.29) is 5.69 Å². The van der Waals surface area contributed by atoms with Gasteiger partial charge in [0.15, 0.2) is 0 Å². The minimum absolute atomic E-state index is 0.0932. The third-order valence-electron chi connectivity index (χ3n) is 2.39. The molecule has 0 aliphatic carbocycles. The predicted molar refractivity (Wildman–Crippen MR) is 67.4 cm³/mol. The van der Waals surface area contributed by atoms with Gasteiger partial charge in [-0.15, -0.1) is 0 Å². The van der Waals surface area contributed by atoms with Crippen molar-refractivity contribution < 1.29 is 23.1 Å². The summed E-state index contributed by atoms with van der Waals surface area (Å²) in [6, 6.07) is 2.91. The number of nitrogens with zero attached hydrogens (tertiary/aromatic N) is 2. The molecule has 5 nitrogen and oxygen atoms in total. The molecule has 112 valence electrons. The van der Waals surface area contributed by atoms with Crippen molar-refractivity contribution in [1.82, 2.24) is 9.88 Å². The number of aromatic nitrogens is 1. The van der Waals surface area contributed by atoms with Crippen LogP contribution >= 0.6 is 0 Å². The Bertz CT molecular complexity index is 435. The van der Waals surface area contributed by atoms with Gasteiger partial charge in [0, 0.05) is 13.1 Å². The Balaban J connectivity index is 2.83. The topological polar surface area (TPSA) is 65.5 Å². The van der Waals surface area contributed by atoms with E-state index in [1.54, 1.807) is 6.07 Å². The minimum atomic E-state index is -4.52. The van der Waals surface area contributed by atoms with Crippen molar-refractivity contribution >= 4 is 11.6 Å². The van der Waals surface area contributed by atoms with Gasteiger partial charge in [-0.1, -0.05) is 0 Å². The van der Waals surface area contributed by atoms with Gasteiger partial charge in [0.1, 0.15) is 12.2 Å². The van der Waals surface area contributed by atoms with Crippen molar-refractivity contribution in [3.63, 3.8) is 0 Å². The molecule has 0 atom stereocenters. The highest BCUT2D eigenvalue weighted by molar-refractivity contribution is 5.92. The van der Waals surface area contributed by atoms with E-state index in [1.165, 1.54) is 12.3 Å². The smallest absolute Gasteiger partial charge is 0.395 e. The van der Waals surface area contributed by atoms with Gasteiger partial charge >= 0.3 is 6.18 Å². The first-order valence-electron chi connectivity index (χ1n) is 6.04. The van der Waals surface area contributed by atoms with Gasteiger partial charge in [-0.05, 0) is 19.1 Å². The predicted octanol–water partition coefficient (Wildman–Crippen LogP) is 1.51. The van der Waals surface area contributed by atoms with Crippen LogP contribution in [0.3, 0.4) is 0 Å². The number of aliphatic hydroxyl groups is 1. The molecule has 1 aromatic heterocycles. The summed E-state index contributed by atoms with van der Waals surface area (Å²) in [5.74, 6) is -0.862. The molecule has 2 N–H and O–H groups in total. The van der Waals surface area contributed by atoms with E-state index in [9.17, 15) is 18.0 Å². The lowest BCUT2D eigenvalue weighted by Crippen LogP contribution is -2.41. The van der Waals surface area contributed by atoms with Gasteiger partial charge in [-0.3, -0.25) is 4.79 Å². The average Bonchev–Trinajstić information content (AvgIpc) is 2.37. The number of anilines is 1. The molecule has 0 aromatic carbocycles. The number of carbonyl (C=O) groups is 1. The number of alkyl halides is 3. The standard InChI is InChI=1S/C12H16F3N3O2/c1-2-16-9-3-4-10(17-7-9)11(20)18(5-6-19)8-12(13,14)15/h3-4,7,16,19H,2,5-6,8H2,1H3. The summed E-state index contributed by atoms with van der Waals surface area (Å²) in [6.07, 6.45) is -3.14. The summed E-state index contributed by atoms with van der Waals surface area (Å²) in [5.41, 5.74) is 0.581. The number of amides is 1. The van der Waals surface area contributed by atoms with E-state index < -0.39 is 31.8 Å². The van der Waals surface area contributed by atoms with Crippen molar-refractivity contribution in [3.05, 3.63) is 24.0 Å². The molecule has 0 aliphatic rings. The van der Waals surface area contributed by atoms with Gasteiger partial charge < -0.3 is 15.3 Å². The molecule has 1 rings (SSSR count). The van der Waals surface area contributed by atoms with E-state index >= 15 is 0 Å². The zero-order valence-corrected chi connectivity index (χ0v) is 10.9. The van der Waals surface area contributed by atoms with Crippen LogP contribution in [0.4, 0.5) is 18.9 Å². The zero-order chi connectivity index (χ0) is 15.2. The third kappa shape index (κ3) is 5.04. The van der Waals surface area contributed by atoms with Crippen molar-refractivity contribution in [2.24, 2.45) is 0 Å². The second-order valence-corrected chi connectivity index (χ2v) is 4.03. The minimum Gasteiger partial charge on any atom is -0.395 e. The fourth-order valence-electron chi connectivity index (χ4n) is 1.58. The highest BCUT2D eigenvalue weighted by atomic mass is 19.4. The van der Waals surface area contributed by atoms with Crippen LogP contribution in [0.15, 0.2) is 18.3 Å². The van der Waals surface area contributed by atoms with Gasteiger partial charge in [-0.25, -0.2) is 4.98 Å². The van der Waals surface area contributed by atoms with Crippen LogP contribution in [0.5, 0.6) is 0 Å². The van der Waals surface area contributed by atoms with Crippen LogP contribution in [-0.4, -0.2) is 53.3 Å². The Hall–Kier alpha value is -1.83. The van der Waals surface area contributed by atoms with E-state index in [2.05, 4.69) is 10.3 Å². The van der Waals surface area contributed by atoms with E-state index in [0.717, 1.165) is 0 Å². The van der Waals surface area contributed by atoms with E-state index in [1.807, 2.05) is 6.92 Å². The number of rotatable bonds is 6. The monoisotopic (exact) mass is 291 g/mol. The Morgan fingerprint density at radius 1 is 1.45 bits per heavy atom. The number of aliphatic hydroxyl groups excluding tert-OH is 1. The second kappa shape index (κ2) is 7.09. The first-order valence-corrected chi connectivity index (χ1v) is 6.04. The molecule has 0 saturated carbocycles. The van der Waals surface area contributed by atoms with Gasteiger partial charge in [-0.2, -0.15) is 13.2 Å². The second-order valence-electron chi connectivity index (χ2n) is 4.03. The Morgan fingerprint density at radius 2 is 2.15 bits per heavy atom. The highest BCUT2D eigenvalue weighted by Gasteiger charge is 2.33. The summed E-state index contributed by atoms with van der Waals surface area (Å²) in [5, 5.41) is 11.7. The summed E-state index contributed by atoms with van der Waals surface area (Å²) in [6.45, 7) is 0.195. The first-order chi connectivity index (χ1) is 9.37. The molecule has 8 heteroatoms. The molecule has 0 radical (unpaired) electrons. The normalized spacial score (nSPS) is 11.2. The lowest BCUT2D eigenvalue weighted by atomic mass is 10.3. The van der Waals surface area contributed by atoms with Crippen LogP contribution in [0.2, 0.25) is 0 Å². The quantitative estimate of drug-likeness (QED) is 0.834. The van der Waals surface area contributed by atoms with Crippen molar-refractivity contribution in [2.45, 2.75) is 13.1 Å². The maximum Gasteiger partial charge on any atom is 0.406 e. The number of hydrogen-bond acceptors (Lipinski definition) is 4. The van der Waals surface area contributed by atoms with E-state index in [4.69, 9.17) is 5.11 Å². The number of pyridine rings is 1. The third-order valence-corrected chi connectivity index (χ3v) is 2.39. The maximum atomic E-state index is 12.4. The molecule has 1 heterocycles. The lowest BCUT2D eigenvalue weighted by molar-refractivity contribution is -0.141. The first kappa shape index (κ1) is 16.2. The van der Waals surface area contributed by atoms with Crippen LogP contribution in [0.1, 0.15) is 17.4 Å². The molecule has 0 aliphatic heterocycles. The van der Waals surface area contributed by atoms with Crippen molar-refractivity contribution in [2.75, 3.05) is 31.6 Å². The molecule has 0 spiro atoms. The molecule has 0 bridgehead atoms. The Labute approximate surface area is 114 Å². The van der Waals surface area contributed by atoms with Gasteiger partial charge in [0.05, 0.1) is 18.5 Å².